The minimum absolute atomic E-state index is 0.00820. The molecule has 2 amide bonds. The number of carbonyl (C=O) groups is 3. The van der Waals surface area contributed by atoms with Gasteiger partial charge in [-0.2, -0.15) is 0 Å². The summed E-state index contributed by atoms with van der Waals surface area (Å²) < 4.78 is 5.71. The molecule has 1 aliphatic rings. The number of nitrogens with one attached hydrogen (secondary N) is 3. The SMILES string of the molecule is CC1(C)CCC[C@@H]1NC(=O)c1ccc(-c2ccccc2C(=O)Nc2ccc(C(=N)N)cc2)c(C(=O)OCc2ccccc2)c1. The molecule has 0 unspecified atom stereocenters. The van der Waals surface area contributed by atoms with Crippen molar-refractivity contribution in [3.63, 3.8) is 0 Å². The average Bonchev–Trinajstić information content (AvgIpc) is 3.37. The first-order valence-electron chi connectivity index (χ1n) is 14.6. The lowest BCUT2D eigenvalue weighted by Gasteiger charge is -2.28. The Morgan fingerprint density at radius 2 is 1.50 bits per heavy atom. The first-order chi connectivity index (χ1) is 21.1. The molecule has 8 nitrogen and oxygen atoms in total. The van der Waals surface area contributed by atoms with E-state index >= 15 is 0 Å². The zero-order valence-corrected chi connectivity index (χ0v) is 24.9. The van der Waals surface area contributed by atoms with E-state index in [9.17, 15) is 14.4 Å². The van der Waals surface area contributed by atoms with Crippen LogP contribution in [0, 0.1) is 10.8 Å². The predicted molar refractivity (Wildman–Crippen MR) is 172 cm³/mol. The second-order valence-corrected chi connectivity index (χ2v) is 11.7. The van der Waals surface area contributed by atoms with Gasteiger partial charge in [-0.25, -0.2) is 4.79 Å². The van der Waals surface area contributed by atoms with E-state index in [-0.39, 0.29) is 41.3 Å². The molecule has 0 aromatic heterocycles. The molecule has 8 heteroatoms. The quantitative estimate of drug-likeness (QED) is 0.0999. The summed E-state index contributed by atoms with van der Waals surface area (Å²) in [5, 5.41) is 13.6. The minimum Gasteiger partial charge on any atom is -0.457 e. The fraction of sp³-hybridized carbons (Fsp3) is 0.222. The molecule has 1 fully saturated rings. The van der Waals surface area contributed by atoms with Crippen molar-refractivity contribution < 1.29 is 19.1 Å². The van der Waals surface area contributed by atoms with E-state index < -0.39 is 5.97 Å². The zero-order valence-electron chi connectivity index (χ0n) is 24.9. The normalized spacial score (nSPS) is 15.3. The van der Waals surface area contributed by atoms with Crippen molar-refractivity contribution in [1.82, 2.24) is 5.32 Å². The van der Waals surface area contributed by atoms with Crippen LogP contribution < -0.4 is 16.4 Å². The molecule has 4 aromatic rings. The van der Waals surface area contributed by atoms with E-state index in [1.165, 1.54) is 0 Å². The van der Waals surface area contributed by atoms with E-state index in [0.717, 1.165) is 24.8 Å². The second kappa shape index (κ2) is 13.0. The monoisotopic (exact) mass is 588 g/mol. The number of hydrogen-bond acceptors (Lipinski definition) is 5. The van der Waals surface area contributed by atoms with Gasteiger partial charge in [0.2, 0.25) is 0 Å². The van der Waals surface area contributed by atoms with E-state index in [4.69, 9.17) is 15.9 Å². The van der Waals surface area contributed by atoms with E-state index in [1.807, 2.05) is 30.3 Å². The summed E-state index contributed by atoms with van der Waals surface area (Å²) in [5.41, 5.74) is 9.29. The number of amides is 2. The van der Waals surface area contributed by atoms with Crippen LogP contribution in [0.25, 0.3) is 11.1 Å². The molecule has 4 aromatic carbocycles. The molecular formula is C36H36N4O4. The Morgan fingerprint density at radius 1 is 0.841 bits per heavy atom. The number of nitrogens with two attached hydrogens (primary N) is 1. The standard InChI is InChI=1S/C36H36N4O4/c1-36(2)20-8-13-31(36)40-33(41)25-16-19-28(30(21-25)35(43)44-22-23-9-4-3-5-10-23)27-11-6-7-12-29(27)34(42)39-26-17-14-24(15-18-26)32(37)38/h3-7,9-12,14-19,21,31H,8,13,20,22H2,1-2H3,(H3,37,38)(H,39,42)(H,40,41)/t31-/m0/s1. The number of ether oxygens (including phenoxy) is 1. The van der Waals surface area contributed by atoms with Crippen molar-refractivity contribution in [2.45, 2.75) is 45.8 Å². The summed E-state index contributed by atoms with van der Waals surface area (Å²) in [6.07, 6.45) is 2.99. The maximum atomic E-state index is 13.6. The van der Waals surface area contributed by atoms with Crippen LogP contribution in [0.3, 0.4) is 0 Å². The van der Waals surface area contributed by atoms with Crippen LogP contribution in [0.15, 0.2) is 97.1 Å². The third kappa shape index (κ3) is 6.86. The number of rotatable bonds is 9. The third-order valence-corrected chi connectivity index (χ3v) is 8.19. The number of benzene rings is 4. The van der Waals surface area contributed by atoms with Crippen LogP contribution in [0.4, 0.5) is 5.69 Å². The highest BCUT2D eigenvalue weighted by atomic mass is 16.5. The van der Waals surface area contributed by atoms with Crippen LogP contribution in [-0.2, 0) is 11.3 Å². The summed E-state index contributed by atoms with van der Waals surface area (Å²) in [7, 11) is 0. The average molecular weight is 589 g/mol. The van der Waals surface area contributed by atoms with Gasteiger partial charge in [0.1, 0.15) is 12.4 Å². The molecule has 44 heavy (non-hydrogen) atoms. The van der Waals surface area contributed by atoms with Gasteiger partial charge in [-0.1, -0.05) is 74.9 Å². The van der Waals surface area contributed by atoms with Gasteiger partial charge in [0, 0.05) is 28.4 Å². The van der Waals surface area contributed by atoms with Crippen LogP contribution in [0.2, 0.25) is 0 Å². The lowest BCUT2D eigenvalue weighted by Crippen LogP contribution is -2.41. The summed E-state index contributed by atoms with van der Waals surface area (Å²) in [6, 6.07) is 27.9. The molecule has 0 bridgehead atoms. The summed E-state index contributed by atoms with van der Waals surface area (Å²) in [5.74, 6) is -1.31. The van der Waals surface area contributed by atoms with Gasteiger partial charge in [-0.3, -0.25) is 15.0 Å². The highest BCUT2D eigenvalue weighted by Crippen LogP contribution is 2.37. The lowest BCUT2D eigenvalue weighted by molar-refractivity contribution is 0.0473. The van der Waals surface area contributed by atoms with Gasteiger partial charge in [-0.15, -0.1) is 0 Å². The molecule has 0 heterocycles. The van der Waals surface area contributed by atoms with Crippen molar-refractivity contribution in [3.8, 4) is 11.1 Å². The highest BCUT2D eigenvalue weighted by Gasteiger charge is 2.35. The Hall–Kier alpha value is -5.24. The Balaban J connectivity index is 1.48. The van der Waals surface area contributed by atoms with Crippen molar-refractivity contribution in [1.29, 1.82) is 5.41 Å². The van der Waals surface area contributed by atoms with Gasteiger partial charge in [0.05, 0.1) is 5.56 Å². The smallest absolute Gasteiger partial charge is 0.339 e. The third-order valence-electron chi connectivity index (χ3n) is 8.19. The molecule has 224 valence electrons. The minimum atomic E-state index is -0.602. The number of nitrogen functional groups attached to an aromatic ring is 1. The fourth-order valence-corrected chi connectivity index (χ4v) is 5.57. The van der Waals surface area contributed by atoms with Gasteiger partial charge in [0.15, 0.2) is 0 Å². The molecule has 0 spiro atoms. The zero-order chi connectivity index (χ0) is 31.3. The van der Waals surface area contributed by atoms with E-state index in [0.29, 0.717) is 33.5 Å². The van der Waals surface area contributed by atoms with Gasteiger partial charge in [0.25, 0.3) is 11.8 Å². The number of hydrogen-bond donors (Lipinski definition) is 4. The van der Waals surface area contributed by atoms with Crippen LogP contribution in [0.1, 0.15) is 75.3 Å². The van der Waals surface area contributed by atoms with Crippen molar-refractivity contribution in [2.24, 2.45) is 11.1 Å². The summed E-state index contributed by atoms with van der Waals surface area (Å²) >= 11 is 0. The molecule has 0 saturated heterocycles. The summed E-state index contributed by atoms with van der Waals surface area (Å²) in [4.78, 5) is 40.5. The fourth-order valence-electron chi connectivity index (χ4n) is 5.57. The van der Waals surface area contributed by atoms with Gasteiger partial charge in [-0.05, 0) is 77.4 Å². The Morgan fingerprint density at radius 3 is 2.18 bits per heavy atom. The lowest BCUT2D eigenvalue weighted by atomic mass is 9.87. The number of anilines is 1. The number of esters is 1. The van der Waals surface area contributed by atoms with Crippen LogP contribution in [0.5, 0.6) is 0 Å². The van der Waals surface area contributed by atoms with Crippen molar-refractivity contribution >= 4 is 29.3 Å². The van der Waals surface area contributed by atoms with Crippen molar-refractivity contribution in [2.75, 3.05) is 5.32 Å². The Labute approximate surface area is 257 Å². The van der Waals surface area contributed by atoms with E-state index in [1.54, 1.807) is 66.7 Å². The predicted octanol–water partition coefficient (Wildman–Crippen LogP) is 6.56. The van der Waals surface area contributed by atoms with Gasteiger partial charge < -0.3 is 21.1 Å². The molecule has 0 aliphatic heterocycles. The van der Waals surface area contributed by atoms with E-state index in [2.05, 4.69) is 24.5 Å². The highest BCUT2D eigenvalue weighted by molar-refractivity contribution is 6.11. The van der Waals surface area contributed by atoms with Crippen LogP contribution in [-0.4, -0.2) is 29.7 Å². The first kappa shape index (κ1) is 30.2. The Kier molecular flexibility index (Phi) is 8.90. The molecule has 0 radical (unpaired) electrons. The molecule has 1 aliphatic carbocycles. The number of amidine groups is 1. The van der Waals surface area contributed by atoms with Crippen molar-refractivity contribution in [3.05, 3.63) is 125 Å². The molecular weight excluding hydrogens is 552 g/mol. The number of carbonyl (C=O) groups excluding carboxylic acids is 3. The Bertz CT molecular complexity index is 1700. The molecule has 5 rings (SSSR count). The molecule has 1 saturated carbocycles. The summed E-state index contributed by atoms with van der Waals surface area (Å²) in [6.45, 7) is 4.37. The molecule has 1 atom stereocenters. The topological polar surface area (TPSA) is 134 Å². The largest absolute Gasteiger partial charge is 0.457 e. The van der Waals surface area contributed by atoms with Gasteiger partial charge >= 0.3 is 5.97 Å². The second-order valence-electron chi connectivity index (χ2n) is 11.7. The van der Waals surface area contributed by atoms with Crippen LogP contribution >= 0.6 is 0 Å². The molecule has 5 N–H and O–H groups in total. The first-order valence-corrected chi connectivity index (χ1v) is 14.6. The maximum Gasteiger partial charge on any atom is 0.339 e. The maximum absolute atomic E-state index is 13.6.